The summed E-state index contributed by atoms with van der Waals surface area (Å²) < 4.78 is 5.58. The van der Waals surface area contributed by atoms with Crippen LogP contribution in [0.5, 0.6) is 0 Å². The molecule has 2 aromatic heterocycles. The predicted molar refractivity (Wildman–Crippen MR) is 74.1 cm³/mol. The zero-order chi connectivity index (χ0) is 12.4. The van der Waals surface area contributed by atoms with Crippen LogP contribution in [0, 0.1) is 10.5 Å². The Morgan fingerprint density at radius 1 is 1.53 bits per heavy atom. The van der Waals surface area contributed by atoms with Gasteiger partial charge >= 0.3 is 0 Å². The summed E-state index contributed by atoms with van der Waals surface area (Å²) in [6, 6.07) is 0. The number of rotatable bonds is 3. The number of thiazole rings is 1. The third-order valence-corrected chi connectivity index (χ3v) is 4.11. The number of methoxy groups -OCH3 is 1. The number of aromatic amines is 1. The van der Waals surface area contributed by atoms with Crippen LogP contribution in [0.15, 0.2) is 10.2 Å². The molecule has 0 amide bonds. The van der Waals surface area contributed by atoms with Gasteiger partial charge in [-0.15, -0.1) is 11.3 Å². The van der Waals surface area contributed by atoms with Gasteiger partial charge in [0.15, 0.2) is 10.8 Å². The molecule has 2 heterocycles. The van der Waals surface area contributed by atoms with Gasteiger partial charge in [0.25, 0.3) is 5.56 Å². The first kappa shape index (κ1) is 12.7. The molecule has 2 aromatic rings. The Morgan fingerprint density at radius 2 is 2.29 bits per heavy atom. The minimum Gasteiger partial charge on any atom is -0.378 e. The van der Waals surface area contributed by atoms with E-state index in [4.69, 9.17) is 4.74 Å². The highest BCUT2D eigenvalue weighted by molar-refractivity contribution is 14.1. The molecular weight excluding hydrogens is 353 g/mol. The van der Waals surface area contributed by atoms with Gasteiger partial charge in [0, 0.05) is 18.2 Å². The molecule has 2 rings (SSSR count). The lowest BCUT2D eigenvalue weighted by molar-refractivity contribution is 0.180. The van der Waals surface area contributed by atoms with Crippen LogP contribution < -0.4 is 5.56 Å². The molecule has 90 valence electrons. The van der Waals surface area contributed by atoms with Gasteiger partial charge in [0.1, 0.15) is 3.57 Å². The number of aryl methyl sites for hydroxylation is 1. The average molecular weight is 363 g/mol. The van der Waals surface area contributed by atoms with E-state index in [1.165, 1.54) is 11.3 Å². The molecule has 0 atom stereocenters. The molecule has 0 aliphatic heterocycles. The molecule has 5 nitrogen and oxygen atoms in total. The molecule has 17 heavy (non-hydrogen) atoms. The zero-order valence-corrected chi connectivity index (χ0v) is 12.3. The Kier molecular flexibility index (Phi) is 3.89. The Labute approximate surface area is 115 Å². The lowest BCUT2D eigenvalue weighted by Gasteiger charge is -2.03. The minimum absolute atomic E-state index is 0.157. The number of ether oxygens (including phenoxy) is 1. The molecule has 0 fully saturated rings. The normalized spacial score (nSPS) is 10.8. The molecule has 0 aliphatic rings. The quantitative estimate of drug-likeness (QED) is 0.847. The summed E-state index contributed by atoms with van der Waals surface area (Å²) >= 11 is 3.42. The average Bonchev–Trinajstić information content (AvgIpc) is 2.71. The van der Waals surface area contributed by atoms with Crippen molar-refractivity contribution in [3.05, 3.63) is 30.7 Å². The molecule has 0 radical (unpaired) electrons. The van der Waals surface area contributed by atoms with E-state index in [0.717, 1.165) is 5.69 Å². The number of aromatic nitrogens is 3. The van der Waals surface area contributed by atoms with E-state index in [9.17, 15) is 4.79 Å². The lowest BCUT2D eigenvalue weighted by Crippen LogP contribution is -2.16. The molecule has 7 heteroatoms. The molecule has 0 bridgehead atoms. The number of nitrogens with one attached hydrogen (secondary N) is 1. The van der Waals surface area contributed by atoms with Crippen molar-refractivity contribution in [2.45, 2.75) is 13.5 Å². The number of halogens is 1. The summed E-state index contributed by atoms with van der Waals surface area (Å²) in [4.78, 5) is 23.1. The number of H-pyrrole nitrogens is 1. The predicted octanol–water partition coefficient (Wildman–Crippen LogP) is 1.95. The Bertz CT molecular complexity index is 593. The summed E-state index contributed by atoms with van der Waals surface area (Å²) in [6.07, 6.45) is 0. The van der Waals surface area contributed by atoms with Crippen LogP contribution in [0.1, 0.15) is 11.4 Å². The molecule has 0 spiro atoms. The fraction of sp³-hybridized carbons (Fsp3) is 0.300. The topological polar surface area (TPSA) is 67.9 Å². The SMILES string of the molecule is COCc1nc(-c2nc(C)cs2)[nH]c(=O)c1I. The Morgan fingerprint density at radius 3 is 2.88 bits per heavy atom. The van der Waals surface area contributed by atoms with E-state index < -0.39 is 0 Å². The van der Waals surface area contributed by atoms with Crippen molar-refractivity contribution in [3.63, 3.8) is 0 Å². The maximum atomic E-state index is 11.7. The van der Waals surface area contributed by atoms with Gasteiger partial charge in [0.05, 0.1) is 12.3 Å². The second kappa shape index (κ2) is 5.23. The lowest BCUT2D eigenvalue weighted by atomic mass is 10.4. The van der Waals surface area contributed by atoms with Crippen LogP contribution in [0.2, 0.25) is 0 Å². The molecule has 0 saturated carbocycles. The second-order valence-corrected chi connectivity index (χ2v) is 5.34. The highest BCUT2D eigenvalue weighted by Gasteiger charge is 2.12. The van der Waals surface area contributed by atoms with Gasteiger partial charge in [-0.1, -0.05) is 0 Å². The van der Waals surface area contributed by atoms with E-state index in [-0.39, 0.29) is 5.56 Å². The summed E-state index contributed by atoms with van der Waals surface area (Å²) in [7, 11) is 1.58. The minimum atomic E-state index is -0.157. The highest BCUT2D eigenvalue weighted by atomic mass is 127. The van der Waals surface area contributed by atoms with E-state index in [0.29, 0.717) is 26.7 Å². The van der Waals surface area contributed by atoms with Gasteiger partial charge in [-0.3, -0.25) is 4.79 Å². The number of hydrogen-bond donors (Lipinski definition) is 1. The van der Waals surface area contributed by atoms with Crippen LogP contribution >= 0.6 is 33.9 Å². The fourth-order valence-corrected chi connectivity index (χ4v) is 2.45. The highest BCUT2D eigenvalue weighted by Crippen LogP contribution is 2.20. The molecular formula is C10H10IN3O2S. The monoisotopic (exact) mass is 363 g/mol. The first-order valence-electron chi connectivity index (χ1n) is 4.82. The van der Waals surface area contributed by atoms with Gasteiger partial charge < -0.3 is 9.72 Å². The first-order chi connectivity index (χ1) is 8.11. The maximum Gasteiger partial charge on any atom is 0.265 e. The summed E-state index contributed by atoms with van der Waals surface area (Å²) in [5.41, 5.74) is 1.40. The second-order valence-electron chi connectivity index (χ2n) is 3.40. The Hall–Kier alpha value is -0.800. The van der Waals surface area contributed by atoms with Crippen molar-refractivity contribution in [1.29, 1.82) is 0 Å². The van der Waals surface area contributed by atoms with E-state index >= 15 is 0 Å². The Balaban J connectivity index is 2.52. The van der Waals surface area contributed by atoms with E-state index in [1.54, 1.807) is 7.11 Å². The largest absolute Gasteiger partial charge is 0.378 e. The fourth-order valence-electron chi connectivity index (χ4n) is 1.30. The van der Waals surface area contributed by atoms with Crippen molar-refractivity contribution in [3.8, 4) is 10.8 Å². The summed E-state index contributed by atoms with van der Waals surface area (Å²) in [5, 5.41) is 2.64. The maximum absolute atomic E-state index is 11.7. The molecule has 0 aliphatic carbocycles. The van der Waals surface area contributed by atoms with Crippen LogP contribution in [0.4, 0.5) is 0 Å². The molecule has 0 aromatic carbocycles. The molecule has 0 unspecified atom stereocenters. The van der Waals surface area contributed by atoms with Crippen LogP contribution in [0.25, 0.3) is 10.8 Å². The van der Waals surface area contributed by atoms with Crippen LogP contribution in [0.3, 0.4) is 0 Å². The van der Waals surface area contributed by atoms with Crippen molar-refractivity contribution in [2.24, 2.45) is 0 Å². The van der Waals surface area contributed by atoms with Crippen molar-refractivity contribution in [2.75, 3.05) is 7.11 Å². The molecule has 0 saturated heterocycles. The third kappa shape index (κ3) is 2.72. The standard InChI is InChI=1S/C10H10IN3O2S/c1-5-4-17-10(12-5)8-13-6(3-16-2)7(11)9(15)14-8/h4H,3H2,1-2H3,(H,13,14,15). The van der Waals surface area contributed by atoms with Gasteiger partial charge in [-0.25, -0.2) is 9.97 Å². The van der Waals surface area contributed by atoms with Gasteiger partial charge in [-0.2, -0.15) is 0 Å². The number of hydrogen-bond acceptors (Lipinski definition) is 5. The van der Waals surface area contributed by atoms with Gasteiger partial charge in [-0.05, 0) is 29.5 Å². The van der Waals surface area contributed by atoms with Crippen molar-refractivity contribution >= 4 is 33.9 Å². The summed E-state index contributed by atoms with van der Waals surface area (Å²) in [6.45, 7) is 2.22. The van der Waals surface area contributed by atoms with Crippen molar-refractivity contribution in [1.82, 2.24) is 15.0 Å². The van der Waals surface area contributed by atoms with Crippen LogP contribution in [-0.4, -0.2) is 22.1 Å². The first-order valence-corrected chi connectivity index (χ1v) is 6.77. The van der Waals surface area contributed by atoms with E-state index in [2.05, 4.69) is 15.0 Å². The smallest absolute Gasteiger partial charge is 0.265 e. The third-order valence-electron chi connectivity index (χ3n) is 2.03. The molecule has 1 N–H and O–H groups in total. The van der Waals surface area contributed by atoms with Gasteiger partial charge in [0.2, 0.25) is 0 Å². The van der Waals surface area contributed by atoms with Crippen molar-refractivity contribution < 1.29 is 4.74 Å². The summed E-state index contributed by atoms with van der Waals surface area (Å²) in [5.74, 6) is 0.501. The van der Waals surface area contributed by atoms with E-state index in [1.807, 2.05) is 34.9 Å². The zero-order valence-electron chi connectivity index (χ0n) is 9.28. The van der Waals surface area contributed by atoms with Crippen LogP contribution in [-0.2, 0) is 11.3 Å². The number of nitrogens with zero attached hydrogens (tertiary/aromatic N) is 2.